The van der Waals surface area contributed by atoms with Crippen molar-refractivity contribution in [2.45, 2.75) is 39.0 Å². The molecule has 0 radical (unpaired) electrons. The van der Waals surface area contributed by atoms with E-state index < -0.39 is 0 Å². The molecule has 1 N–H and O–H groups in total. The van der Waals surface area contributed by atoms with Gasteiger partial charge in [-0.1, -0.05) is 30.3 Å². The minimum absolute atomic E-state index is 0.294. The molecule has 2 atom stereocenters. The molecule has 3 aromatic rings. The van der Waals surface area contributed by atoms with Crippen LogP contribution in [-0.4, -0.2) is 25.4 Å². The van der Waals surface area contributed by atoms with Crippen molar-refractivity contribution in [2.24, 2.45) is 0 Å². The summed E-state index contributed by atoms with van der Waals surface area (Å²) in [7, 11) is 0. The van der Waals surface area contributed by atoms with Gasteiger partial charge >= 0.3 is 0 Å². The maximum atomic E-state index is 4.48. The first-order chi connectivity index (χ1) is 11.2. The van der Waals surface area contributed by atoms with E-state index in [2.05, 4.69) is 58.1 Å². The summed E-state index contributed by atoms with van der Waals surface area (Å²) in [5, 5.41) is 7.87. The minimum Gasteiger partial charge on any atom is -0.329 e. The predicted molar refractivity (Wildman–Crippen MR) is 91.0 cm³/mol. The van der Waals surface area contributed by atoms with Crippen molar-refractivity contribution in [3.8, 4) is 0 Å². The van der Waals surface area contributed by atoms with Crippen LogP contribution < -0.4 is 5.32 Å². The highest BCUT2D eigenvalue weighted by atomic mass is 15.3. The van der Waals surface area contributed by atoms with E-state index in [1.807, 2.05) is 41.6 Å². The lowest BCUT2D eigenvalue weighted by atomic mass is 10.2. The van der Waals surface area contributed by atoms with Crippen LogP contribution >= 0.6 is 0 Å². The fourth-order valence-electron chi connectivity index (χ4n) is 2.60. The second-order valence-electron chi connectivity index (χ2n) is 5.85. The third kappa shape index (κ3) is 3.87. The third-order valence-electron chi connectivity index (χ3n) is 4.25. The van der Waals surface area contributed by atoms with E-state index in [0.717, 1.165) is 18.9 Å². The molecular formula is C18H23N5. The van der Waals surface area contributed by atoms with Crippen molar-refractivity contribution < 1.29 is 0 Å². The van der Waals surface area contributed by atoms with E-state index in [-0.39, 0.29) is 0 Å². The van der Waals surface area contributed by atoms with Crippen LogP contribution in [0.15, 0.2) is 61.2 Å². The molecule has 2 heterocycles. The van der Waals surface area contributed by atoms with Gasteiger partial charge in [-0.3, -0.25) is 4.68 Å². The van der Waals surface area contributed by atoms with Gasteiger partial charge in [-0.25, -0.2) is 4.98 Å². The number of nitrogens with zero attached hydrogens (tertiary/aromatic N) is 4. The molecule has 0 saturated carbocycles. The summed E-state index contributed by atoms with van der Waals surface area (Å²) in [6.45, 7) is 5.94. The Morgan fingerprint density at radius 1 is 1.04 bits per heavy atom. The molecule has 1 aromatic carbocycles. The van der Waals surface area contributed by atoms with Crippen molar-refractivity contribution in [1.29, 1.82) is 0 Å². The molecule has 120 valence electrons. The van der Waals surface area contributed by atoms with E-state index in [1.54, 1.807) is 0 Å². The van der Waals surface area contributed by atoms with Gasteiger partial charge in [-0.15, -0.1) is 0 Å². The van der Waals surface area contributed by atoms with Crippen LogP contribution in [-0.2, 0) is 13.1 Å². The Morgan fingerprint density at radius 3 is 2.61 bits per heavy atom. The standard InChI is InChI=1S/C18H23N5/c1-15(16(2)23-11-6-9-21-23)20-13-18-19-10-12-22(18)14-17-7-4-3-5-8-17/h3-12,15-16,20H,13-14H2,1-2H3/t15-,16+/m0/s1. The first-order valence-electron chi connectivity index (χ1n) is 8.00. The van der Waals surface area contributed by atoms with Crippen molar-refractivity contribution in [3.05, 3.63) is 72.6 Å². The Kier molecular flexibility index (Phi) is 4.88. The summed E-state index contributed by atoms with van der Waals surface area (Å²) < 4.78 is 4.17. The maximum Gasteiger partial charge on any atom is 0.122 e. The van der Waals surface area contributed by atoms with Crippen LogP contribution in [0.3, 0.4) is 0 Å². The molecule has 5 heteroatoms. The van der Waals surface area contributed by atoms with Crippen LogP contribution in [0.2, 0.25) is 0 Å². The van der Waals surface area contributed by atoms with Crippen molar-refractivity contribution in [3.63, 3.8) is 0 Å². The molecule has 5 nitrogen and oxygen atoms in total. The van der Waals surface area contributed by atoms with Crippen LogP contribution in [0, 0.1) is 0 Å². The Balaban J connectivity index is 1.60. The largest absolute Gasteiger partial charge is 0.329 e. The maximum absolute atomic E-state index is 4.48. The number of hydrogen-bond acceptors (Lipinski definition) is 3. The van der Waals surface area contributed by atoms with Crippen LogP contribution in [0.25, 0.3) is 0 Å². The van der Waals surface area contributed by atoms with Gasteiger partial charge in [0.2, 0.25) is 0 Å². The molecule has 0 aliphatic heterocycles. The average molecular weight is 309 g/mol. The van der Waals surface area contributed by atoms with E-state index in [4.69, 9.17) is 0 Å². The molecule has 0 spiro atoms. The number of imidazole rings is 1. The number of hydrogen-bond donors (Lipinski definition) is 1. The Hall–Kier alpha value is -2.40. The van der Waals surface area contributed by atoms with E-state index in [0.29, 0.717) is 12.1 Å². The number of rotatable bonds is 7. The smallest absolute Gasteiger partial charge is 0.122 e. The molecule has 23 heavy (non-hydrogen) atoms. The summed E-state index contributed by atoms with van der Waals surface area (Å²) in [5.74, 6) is 1.05. The van der Waals surface area contributed by atoms with Gasteiger partial charge in [0.05, 0.1) is 12.6 Å². The highest BCUT2D eigenvalue weighted by molar-refractivity contribution is 5.15. The molecule has 3 rings (SSSR count). The second-order valence-corrected chi connectivity index (χ2v) is 5.85. The summed E-state index contributed by atoms with van der Waals surface area (Å²) in [6, 6.07) is 13.0. The Bertz CT molecular complexity index is 702. The fraction of sp³-hybridized carbons (Fsp3) is 0.333. The normalized spacial score (nSPS) is 13.8. The molecule has 0 aliphatic rings. The SMILES string of the molecule is C[C@H](NCc1nccn1Cc1ccccc1)[C@@H](C)n1cccn1. The van der Waals surface area contributed by atoms with E-state index in [1.165, 1.54) is 5.56 Å². The highest BCUT2D eigenvalue weighted by Gasteiger charge is 2.14. The molecule has 0 fully saturated rings. The molecule has 0 bridgehead atoms. The van der Waals surface area contributed by atoms with Gasteiger partial charge in [-0.2, -0.15) is 5.10 Å². The lowest BCUT2D eigenvalue weighted by Gasteiger charge is -2.22. The third-order valence-corrected chi connectivity index (χ3v) is 4.25. The summed E-state index contributed by atoms with van der Waals surface area (Å²) in [5.41, 5.74) is 1.28. The number of benzene rings is 1. The molecule has 2 aromatic heterocycles. The van der Waals surface area contributed by atoms with Crippen LogP contribution in [0.5, 0.6) is 0 Å². The van der Waals surface area contributed by atoms with Gasteiger partial charge in [0, 0.05) is 37.4 Å². The zero-order valence-corrected chi connectivity index (χ0v) is 13.6. The lowest BCUT2D eigenvalue weighted by Crippen LogP contribution is -2.34. The zero-order valence-electron chi connectivity index (χ0n) is 13.6. The van der Waals surface area contributed by atoms with Crippen LogP contribution in [0.1, 0.15) is 31.3 Å². The molecule has 0 aliphatic carbocycles. The first kappa shape index (κ1) is 15.5. The highest BCUT2D eigenvalue weighted by Crippen LogP contribution is 2.10. The van der Waals surface area contributed by atoms with Gasteiger partial charge in [-0.05, 0) is 25.5 Å². The quantitative estimate of drug-likeness (QED) is 0.730. The average Bonchev–Trinajstić information content (AvgIpc) is 3.25. The number of aromatic nitrogens is 4. The minimum atomic E-state index is 0.294. The zero-order chi connectivity index (χ0) is 16.1. The first-order valence-corrected chi connectivity index (χ1v) is 8.00. The monoisotopic (exact) mass is 309 g/mol. The van der Waals surface area contributed by atoms with E-state index in [9.17, 15) is 0 Å². The van der Waals surface area contributed by atoms with Crippen molar-refractivity contribution >= 4 is 0 Å². The Morgan fingerprint density at radius 2 is 1.87 bits per heavy atom. The molecule has 0 saturated heterocycles. The topological polar surface area (TPSA) is 47.7 Å². The molecule has 0 amide bonds. The summed E-state index contributed by atoms with van der Waals surface area (Å²) in [6.07, 6.45) is 7.71. The second kappa shape index (κ2) is 7.24. The van der Waals surface area contributed by atoms with Crippen molar-refractivity contribution in [2.75, 3.05) is 0 Å². The van der Waals surface area contributed by atoms with Crippen LogP contribution in [0.4, 0.5) is 0 Å². The number of nitrogens with one attached hydrogen (secondary N) is 1. The van der Waals surface area contributed by atoms with Gasteiger partial charge in [0.1, 0.15) is 5.82 Å². The van der Waals surface area contributed by atoms with Gasteiger partial charge < -0.3 is 9.88 Å². The predicted octanol–water partition coefficient (Wildman–Crippen LogP) is 2.87. The molecule has 0 unspecified atom stereocenters. The molecular weight excluding hydrogens is 286 g/mol. The summed E-state index contributed by atoms with van der Waals surface area (Å²) in [4.78, 5) is 4.48. The van der Waals surface area contributed by atoms with Crippen molar-refractivity contribution in [1.82, 2.24) is 24.6 Å². The fourth-order valence-corrected chi connectivity index (χ4v) is 2.60. The van der Waals surface area contributed by atoms with E-state index >= 15 is 0 Å². The Labute approximate surface area is 137 Å². The summed E-state index contributed by atoms with van der Waals surface area (Å²) >= 11 is 0. The van der Waals surface area contributed by atoms with Gasteiger partial charge in [0.25, 0.3) is 0 Å². The van der Waals surface area contributed by atoms with Gasteiger partial charge in [0.15, 0.2) is 0 Å². The lowest BCUT2D eigenvalue weighted by molar-refractivity contribution is 0.360.